The topological polar surface area (TPSA) is 44.8 Å². The van der Waals surface area contributed by atoms with Crippen molar-refractivity contribution < 1.29 is 19.0 Å². The maximum atomic E-state index is 11.3. The van der Waals surface area contributed by atoms with Crippen LogP contribution in [0.15, 0.2) is 24.3 Å². The summed E-state index contributed by atoms with van der Waals surface area (Å²) in [6.07, 6.45) is 12.7. The highest BCUT2D eigenvalue weighted by atomic mass is 16.5. The van der Waals surface area contributed by atoms with Gasteiger partial charge in [0, 0.05) is 12.0 Å². The van der Waals surface area contributed by atoms with Crippen LogP contribution in [0.4, 0.5) is 0 Å². The molecule has 4 heteroatoms. The van der Waals surface area contributed by atoms with Crippen molar-refractivity contribution in [3.63, 3.8) is 0 Å². The molecule has 1 aliphatic heterocycles. The number of esters is 1. The Hall–Kier alpha value is -1.97. The van der Waals surface area contributed by atoms with Gasteiger partial charge in [0.05, 0.1) is 14.2 Å². The molecule has 0 aliphatic carbocycles. The zero-order chi connectivity index (χ0) is 20.4. The first kappa shape index (κ1) is 22.3. The molecule has 0 spiro atoms. The van der Waals surface area contributed by atoms with Crippen molar-refractivity contribution >= 4 is 5.97 Å². The lowest BCUT2D eigenvalue weighted by Crippen LogP contribution is -2.06. The van der Waals surface area contributed by atoms with E-state index in [9.17, 15) is 4.79 Å². The summed E-state index contributed by atoms with van der Waals surface area (Å²) in [5.41, 5.74) is 3.09. The molecule has 28 heavy (non-hydrogen) atoms. The lowest BCUT2D eigenvalue weighted by molar-refractivity contribution is -0.139. The smallest absolute Gasteiger partial charge is 0.333 e. The molecule has 1 fully saturated rings. The number of unbranched alkanes of at least 4 members (excludes halogenated alkanes) is 7. The number of hydrogen-bond acceptors (Lipinski definition) is 4. The van der Waals surface area contributed by atoms with Crippen LogP contribution in [-0.2, 0) is 16.0 Å². The molecule has 0 radical (unpaired) electrons. The lowest BCUT2D eigenvalue weighted by Gasteiger charge is -2.14. The molecule has 4 nitrogen and oxygen atoms in total. The van der Waals surface area contributed by atoms with Crippen molar-refractivity contribution in [2.45, 2.75) is 83.7 Å². The Labute approximate surface area is 170 Å². The van der Waals surface area contributed by atoms with E-state index in [0.29, 0.717) is 5.57 Å². The Morgan fingerprint density at radius 3 is 2.21 bits per heavy atom. The van der Waals surface area contributed by atoms with Crippen LogP contribution in [0.25, 0.3) is 0 Å². The van der Waals surface area contributed by atoms with Crippen molar-refractivity contribution in [3.05, 3.63) is 35.4 Å². The van der Waals surface area contributed by atoms with Crippen molar-refractivity contribution in [2.75, 3.05) is 14.2 Å². The highest BCUT2D eigenvalue weighted by molar-refractivity contribution is 5.89. The minimum atomic E-state index is -0.202. The summed E-state index contributed by atoms with van der Waals surface area (Å²) in [4.78, 5) is 11.3. The van der Waals surface area contributed by atoms with Gasteiger partial charge in [0.15, 0.2) is 11.5 Å². The maximum absolute atomic E-state index is 11.3. The van der Waals surface area contributed by atoms with Gasteiger partial charge in [-0.15, -0.1) is 0 Å². The molecule has 1 aliphatic rings. The molecule has 1 aromatic rings. The van der Waals surface area contributed by atoms with Crippen LogP contribution in [0.3, 0.4) is 0 Å². The average molecular weight is 389 g/mol. The summed E-state index contributed by atoms with van der Waals surface area (Å²) < 4.78 is 16.3. The quantitative estimate of drug-likeness (QED) is 0.238. The van der Waals surface area contributed by atoms with Gasteiger partial charge in [0.25, 0.3) is 0 Å². The van der Waals surface area contributed by atoms with Crippen LogP contribution in [-0.4, -0.2) is 26.3 Å². The molecule has 0 N–H and O–H groups in total. The van der Waals surface area contributed by atoms with E-state index in [1.807, 2.05) is 6.07 Å². The standard InChI is InChI=1S/C24H36O4/c1-18-15-20(23(27-4)22(16-18)26-3)13-11-9-7-5-6-8-10-12-14-21-17-19(2)24(25)28-21/h15-16,21H,2,5-14,17H2,1,3-4H3. The fourth-order valence-corrected chi connectivity index (χ4v) is 3.93. The van der Waals surface area contributed by atoms with Crippen LogP contribution in [0, 0.1) is 6.92 Å². The van der Waals surface area contributed by atoms with E-state index < -0.39 is 0 Å². The summed E-state index contributed by atoms with van der Waals surface area (Å²) in [6, 6.07) is 4.23. The van der Waals surface area contributed by atoms with Crippen LogP contribution < -0.4 is 9.47 Å². The maximum Gasteiger partial charge on any atom is 0.333 e. The summed E-state index contributed by atoms with van der Waals surface area (Å²) in [6.45, 7) is 5.83. The Bertz CT molecular complexity index is 634. The minimum Gasteiger partial charge on any atom is -0.493 e. The van der Waals surface area contributed by atoms with Gasteiger partial charge in [0.1, 0.15) is 6.10 Å². The normalized spacial score (nSPS) is 16.3. The second-order valence-electron chi connectivity index (χ2n) is 7.86. The average Bonchev–Trinajstić information content (AvgIpc) is 3.00. The number of carbonyl (C=O) groups excluding carboxylic acids is 1. The first-order chi connectivity index (χ1) is 13.5. The van der Waals surface area contributed by atoms with Crippen molar-refractivity contribution in [3.8, 4) is 11.5 Å². The van der Waals surface area contributed by atoms with E-state index >= 15 is 0 Å². The second-order valence-corrected chi connectivity index (χ2v) is 7.86. The van der Waals surface area contributed by atoms with Gasteiger partial charge in [-0.05, 0) is 49.8 Å². The zero-order valence-corrected chi connectivity index (χ0v) is 17.9. The lowest BCUT2D eigenvalue weighted by atomic mass is 10.0. The summed E-state index contributed by atoms with van der Waals surface area (Å²) >= 11 is 0. The Morgan fingerprint density at radius 1 is 1.00 bits per heavy atom. The third-order valence-electron chi connectivity index (χ3n) is 5.46. The van der Waals surface area contributed by atoms with E-state index in [1.54, 1.807) is 14.2 Å². The van der Waals surface area contributed by atoms with Crippen molar-refractivity contribution in [1.29, 1.82) is 0 Å². The summed E-state index contributed by atoms with van der Waals surface area (Å²) in [5, 5.41) is 0. The van der Waals surface area contributed by atoms with E-state index in [4.69, 9.17) is 14.2 Å². The molecule has 0 aromatic heterocycles. The summed E-state index contributed by atoms with van der Waals surface area (Å²) in [7, 11) is 3.40. The predicted octanol–water partition coefficient (Wildman–Crippen LogP) is 5.94. The molecule has 0 amide bonds. The van der Waals surface area contributed by atoms with Gasteiger partial charge >= 0.3 is 5.97 Å². The van der Waals surface area contributed by atoms with E-state index in [1.165, 1.54) is 56.1 Å². The molecular formula is C24H36O4. The number of methoxy groups -OCH3 is 2. The van der Waals surface area contributed by atoms with Gasteiger partial charge in [0.2, 0.25) is 0 Å². The fourth-order valence-electron chi connectivity index (χ4n) is 3.93. The summed E-state index contributed by atoms with van der Waals surface area (Å²) in [5.74, 6) is 1.51. The van der Waals surface area contributed by atoms with E-state index in [2.05, 4.69) is 19.6 Å². The van der Waals surface area contributed by atoms with Gasteiger partial charge in [-0.3, -0.25) is 0 Å². The number of benzene rings is 1. The Balaban J connectivity index is 1.52. The molecule has 1 heterocycles. The SMILES string of the molecule is C=C1CC(CCCCCCCCCCc2cc(C)cc(OC)c2OC)OC1=O. The molecule has 0 saturated carbocycles. The molecule has 1 saturated heterocycles. The molecule has 1 unspecified atom stereocenters. The van der Waals surface area contributed by atoms with Gasteiger partial charge in [-0.1, -0.05) is 51.2 Å². The van der Waals surface area contributed by atoms with Gasteiger partial charge in [-0.25, -0.2) is 4.79 Å². The molecular weight excluding hydrogens is 352 g/mol. The van der Waals surface area contributed by atoms with E-state index in [0.717, 1.165) is 37.2 Å². The molecule has 0 bridgehead atoms. The van der Waals surface area contributed by atoms with Crippen LogP contribution >= 0.6 is 0 Å². The van der Waals surface area contributed by atoms with Crippen LogP contribution in [0.5, 0.6) is 11.5 Å². The van der Waals surface area contributed by atoms with E-state index in [-0.39, 0.29) is 12.1 Å². The van der Waals surface area contributed by atoms with Crippen LogP contribution in [0.1, 0.15) is 75.3 Å². The molecule has 2 rings (SSSR count). The highest BCUT2D eigenvalue weighted by Gasteiger charge is 2.26. The van der Waals surface area contributed by atoms with Crippen LogP contribution in [0.2, 0.25) is 0 Å². The third kappa shape index (κ3) is 6.88. The first-order valence-corrected chi connectivity index (χ1v) is 10.7. The number of cyclic esters (lactones) is 1. The first-order valence-electron chi connectivity index (χ1n) is 10.7. The molecule has 156 valence electrons. The highest BCUT2D eigenvalue weighted by Crippen LogP contribution is 2.33. The minimum absolute atomic E-state index is 0.0808. The Kier molecular flexibility index (Phi) is 9.39. The van der Waals surface area contributed by atoms with Gasteiger partial charge < -0.3 is 14.2 Å². The number of aryl methyl sites for hydroxylation is 2. The number of rotatable bonds is 13. The Morgan fingerprint density at radius 2 is 1.64 bits per heavy atom. The number of hydrogen-bond donors (Lipinski definition) is 0. The van der Waals surface area contributed by atoms with Crippen molar-refractivity contribution in [1.82, 2.24) is 0 Å². The molecule has 1 aromatic carbocycles. The zero-order valence-electron chi connectivity index (χ0n) is 17.9. The van der Waals surface area contributed by atoms with Gasteiger partial charge in [-0.2, -0.15) is 0 Å². The number of ether oxygens (including phenoxy) is 3. The monoisotopic (exact) mass is 388 g/mol. The third-order valence-corrected chi connectivity index (χ3v) is 5.46. The largest absolute Gasteiger partial charge is 0.493 e. The fraction of sp³-hybridized carbons (Fsp3) is 0.625. The molecule has 1 atom stereocenters. The number of carbonyl (C=O) groups is 1. The van der Waals surface area contributed by atoms with Crippen molar-refractivity contribution in [2.24, 2.45) is 0 Å². The predicted molar refractivity (Wildman–Crippen MR) is 113 cm³/mol. The second kappa shape index (κ2) is 11.8.